The lowest BCUT2D eigenvalue weighted by molar-refractivity contribution is -0.223. The van der Waals surface area contributed by atoms with Gasteiger partial charge >= 0.3 is 0 Å². The van der Waals surface area contributed by atoms with Crippen molar-refractivity contribution in [3.05, 3.63) is 0 Å². The van der Waals surface area contributed by atoms with Gasteiger partial charge in [0.05, 0.1) is 0 Å². The zero-order valence-corrected chi connectivity index (χ0v) is 8.43. The Morgan fingerprint density at radius 3 is 2.50 bits per heavy atom. The molecular weight excluding hydrogens is 188 g/mol. The van der Waals surface area contributed by atoms with Gasteiger partial charge in [-0.2, -0.15) is 0 Å². The second-order valence-electron chi connectivity index (χ2n) is 3.91. The summed E-state index contributed by atoms with van der Waals surface area (Å²) in [5.74, 6) is -0.669. The summed E-state index contributed by atoms with van der Waals surface area (Å²) in [6.07, 6.45) is -1.05. The number of ether oxygens (including phenoxy) is 4. The van der Waals surface area contributed by atoms with Crippen molar-refractivity contribution in [3.63, 3.8) is 0 Å². The molecular formula is C9H14O5. The summed E-state index contributed by atoms with van der Waals surface area (Å²) in [6, 6.07) is 0. The maximum atomic E-state index is 10.7. The van der Waals surface area contributed by atoms with Crippen LogP contribution in [-0.2, 0) is 23.7 Å². The van der Waals surface area contributed by atoms with Crippen LogP contribution >= 0.6 is 0 Å². The van der Waals surface area contributed by atoms with Gasteiger partial charge < -0.3 is 23.7 Å². The van der Waals surface area contributed by atoms with Crippen LogP contribution in [0.5, 0.6) is 0 Å². The van der Waals surface area contributed by atoms with Crippen LogP contribution in [0, 0.1) is 0 Å². The average molecular weight is 202 g/mol. The lowest BCUT2D eigenvalue weighted by Crippen LogP contribution is -2.30. The van der Waals surface area contributed by atoms with Gasteiger partial charge in [-0.25, -0.2) is 0 Å². The highest BCUT2D eigenvalue weighted by molar-refractivity contribution is 5.58. The van der Waals surface area contributed by atoms with E-state index in [9.17, 15) is 4.79 Å². The third-order valence-corrected chi connectivity index (χ3v) is 2.41. The molecule has 0 saturated carbocycles. The highest BCUT2D eigenvalue weighted by Gasteiger charge is 2.55. The molecule has 2 aliphatic rings. The van der Waals surface area contributed by atoms with Crippen molar-refractivity contribution in [1.29, 1.82) is 0 Å². The number of carbonyl (C=O) groups excluding carboxylic acids is 1. The summed E-state index contributed by atoms with van der Waals surface area (Å²) < 4.78 is 21.5. The molecule has 0 aromatic carbocycles. The average Bonchev–Trinajstić information content (AvgIpc) is 2.57. The first kappa shape index (κ1) is 10.0. The summed E-state index contributed by atoms with van der Waals surface area (Å²) >= 11 is 0. The third kappa shape index (κ3) is 1.46. The van der Waals surface area contributed by atoms with Crippen molar-refractivity contribution in [3.8, 4) is 0 Å². The molecule has 0 aliphatic carbocycles. The van der Waals surface area contributed by atoms with Crippen molar-refractivity contribution in [1.82, 2.24) is 0 Å². The zero-order chi connectivity index (χ0) is 10.3. The second-order valence-corrected chi connectivity index (χ2v) is 3.91. The molecule has 0 aromatic rings. The largest absolute Gasteiger partial charge is 0.353 e. The van der Waals surface area contributed by atoms with Crippen molar-refractivity contribution >= 4 is 6.29 Å². The molecule has 5 heteroatoms. The van der Waals surface area contributed by atoms with Gasteiger partial charge in [-0.3, -0.25) is 0 Å². The molecule has 0 bridgehead atoms. The maximum Gasteiger partial charge on any atom is 0.187 e. The van der Waals surface area contributed by atoms with E-state index < -0.39 is 18.2 Å². The van der Waals surface area contributed by atoms with E-state index in [1.54, 1.807) is 13.8 Å². The van der Waals surface area contributed by atoms with E-state index in [1.807, 2.05) is 0 Å². The van der Waals surface area contributed by atoms with E-state index in [-0.39, 0.29) is 12.2 Å². The number of hydrogen-bond donors (Lipinski definition) is 0. The van der Waals surface area contributed by atoms with Crippen LogP contribution in [0.4, 0.5) is 0 Å². The lowest BCUT2D eigenvalue weighted by atomic mass is 10.1. The van der Waals surface area contributed by atoms with E-state index in [0.29, 0.717) is 0 Å². The first-order chi connectivity index (χ1) is 6.57. The minimum Gasteiger partial charge on any atom is -0.353 e. The van der Waals surface area contributed by atoms with Gasteiger partial charge in [0.25, 0.3) is 0 Å². The fraction of sp³-hybridized carbons (Fsp3) is 0.889. The molecule has 14 heavy (non-hydrogen) atoms. The molecule has 2 heterocycles. The van der Waals surface area contributed by atoms with E-state index in [2.05, 4.69) is 0 Å². The second kappa shape index (κ2) is 3.27. The molecule has 2 fully saturated rings. The Labute approximate surface area is 82.3 Å². The molecule has 0 N–H and O–H groups in total. The molecule has 2 rings (SSSR count). The summed E-state index contributed by atoms with van der Waals surface area (Å²) in [5, 5.41) is 0. The normalized spacial score (nSPS) is 45.1. The predicted molar refractivity (Wildman–Crippen MR) is 45.6 cm³/mol. The number of methoxy groups -OCH3 is 1. The Hall–Kier alpha value is -0.490. The first-order valence-corrected chi connectivity index (χ1v) is 4.56. The number of fused-ring (bicyclic) bond motifs is 1. The van der Waals surface area contributed by atoms with Crippen LogP contribution in [0.1, 0.15) is 13.8 Å². The SMILES string of the molecule is COC1OC(C=O)[C@@H]2OC(C)(C)O[C@H]12. The zero-order valence-electron chi connectivity index (χ0n) is 8.43. The van der Waals surface area contributed by atoms with Gasteiger partial charge in [0, 0.05) is 7.11 Å². The molecule has 80 valence electrons. The first-order valence-electron chi connectivity index (χ1n) is 4.56. The molecule has 0 spiro atoms. The van der Waals surface area contributed by atoms with Crippen LogP contribution in [0.3, 0.4) is 0 Å². The van der Waals surface area contributed by atoms with Crippen LogP contribution in [-0.4, -0.2) is 43.8 Å². The van der Waals surface area contributed by atoms with Crippen molar-refractivity contribution in [2.75, 3.05) is 7.11 Å². The van der Waals surface area contributed by atoms with Crippen molar-refractivity contribution < 1.29 is 23.7 Å². The lowest BCUT2D eigenvalue weighted by Gasteiger charge is -2.21. The molecule has 2 aliphatic heterocycles. The van der Waals surface area contributed by atoms with E-state index >= 15 is 0 Å². The standard InChI is InChI=1S/C9H14O5/c1-9(2)13-6-5(4-10)12-8(11-3)7(6)14-9/h4-8H,1-3H3/t5?,6-,7-,8?/m0/s1. The van der Waals surface area contributed by atoms with Gasteiger partial charge in [0.2, 0.25) is 0 Å². The molecule has 2 saturated heterocycles. The van der Waals surface area contributed by atoms with Gasteiger partial charge in [-0.15, -0.1) is 0 Å². The van der Waals surface area contributed by atoms with Gasteiger partial charge in [0.1, 0.15) is 18.3 Å². The quantitative estimate of drug-likeness (QED) is 0.593. The molecule has 4 atom stereocenters. The topological polar surface area (TPSA) is 54.0 Å². The van der Waals surface area contributed by atoms with Crippen LogP contribution in [0.25, 0.3) is 0 Å². The Morgan fingerprint density at radius 2 is 1.93 bits per heavy atom. The van der Waals surface area contributed by atoms with Crippen LogP contribution in [0.15, 0.2) is 0 Å². The summed E-state index contributed by atoms with van der Waals surface area (Å²) in [4.78, 5) is 10.7. The maximum absolute atomic E-state index is 10.7. The number of carbonyl (C=O) groups is 1. The molecule has 0 aromatic heterocycles. The Bertz CT molecular complexity index is 239. The van der Waals surface area contributed by atoms with E-state index in [4.69, 9.17) is 18.9 Å². The summed E-state index contributed by atoms with van der Waals surface area (Å²) in [6.45, 7) is 3.61. The van der Waals surface area contributed by atoms with Gasteiger partial charge in [-0.1, -0.05) is 0 Å². The minimum atomic E-state index is -0.669. The predicted octanol–water partition coefficient (Wildman–Crippen LogP) is 0.0767. The molecule has 5 nitrogen and oxygen atoms in total. The summed E-state index contributed by atoms with van der Waals surface area (Å²) in [5.41, 5.74) is 0. The monoisotopic (exact) mass is 202 g/mol. The Kier molecular flexibility index (Phi) is 2.35. The Balaban J connectivity index is 2.16. The minimum absolute atomic E-state index is 0.315. The summed E-state index contributed by atoms with van der Waals surface area (Å²) in [7, 11) is 1.52. The van der Waals surface area contributed by atoms with Crippen LogP contribution in [0.2, 0.25) is 0 Å². The van der Waals surface area contributed by atoms with E-state index in [1.165, 1.54) is 7.11 Å². The Morgan fingerprint density at radius 1 is 1.29 bits per heavy atom. The molecule has 0 amide bonds. The van der Waals surface area contributed by atoms with Crippen molar-refractivity contribution in [2.45, 2.75) is 44.2 Å². The van der Waals surface area contributed by atoms with Crippen LogP contribution < -0.4 is 0 Å². The highest BCUT2D eigenvalue weighted by atomic mass is 16.8. The van der Waals surface area contributed by atoms with Gasteiger partial charge in [-0.05, 0) is 13.8 Å². The van der Waals surface area contributed by atoms with E-state index in [0.717, 1.165) is 6.29 Å². The fourth-order valence-corrected chi connectivity index (χ4v) is 1.89. The number of hydrogen-bond acceptors (Lipinski definition) is 5. The third-order valence-electron chi connectivity index (χ3n) is 2.41. The molecule has 0 radical (unpaired) electrons. The highest BCUT2D eigenvalue weighted by Crippen LogP contribution is 2.38. The van der Waals surface area contributed by atoms with Crippen molar-refractivity contribution in [2.24, 2.45) is 0 Å². The number of aldehydes is 1. The smallest absolute Gasteiger partial charge is 0.187 e. The van der Waals surface area contributed by atoms with Gasteiger partial charge in [0.15, 0.2) is 18.4 Å². The fourth-order valence-electron chi connectivity index (χ4n) is 1.89. The number of rotatable bonds is 2. The molecule has 2 unspecified atom stereocenters.